The van der Waals surface area contributed by atoms with Gasteiger partial charge in [-0.25, -0.2) is 13.6 Å². The van der Waals surface area contributed by atoms with Crippen LogP contribution < -0.4 is 5.14 Å². The molecule has 0 aliphatic heterocycles. The highest BCUT2D eigenvalue weighted by Gasteiger charge is 2.39. The lowest BCUT2D eigenvalue weighted by Crippen LogP contribution is -2.20. The molecule has 0 unspecified atom stereocenters. The molecule has 8 heteroatoms. The SMILES string of the molecule is N#Cc1cccc(S(N)(=O)=O)c1C(F)(F)F. The van der Waals surface area contributed by atoms with Gasteiger partial charge in [0.15, 0.2) is 0 Å². The summed E-state index contributed by atoms with van der Waals surface area (Å²) in [4.78, 5) is -1.10. The summed E-state index contributed by atoms with van der Waals surface area (Å²) in [6, 6.07) is 3.88. The number of sulfonamides is 1. The van der Waals surface area contributed by atoms with Crippen LogP contribution in [0.25, 0.3) is 0 Å². The zero-order chi connectivity index (χ0) is 12.6. The third kappa shape index (κ3) is 2.32. The number of nitrogens with zero attached hydrogens (tertiary/aromatic N) is 1. The van der Waals surface area contributed by atoms with Crippen molar-refractivity contribution in [2.75, 3.05) is 0 Å². The van der Waals surface area contributed by atoms with Gasteiger partial charge in [0.2, 0.25) is 10.0 Å². The summed E-state index contributed by atoms with van der Waals surface area (Å²) < 4.78 is 59.5. The van der Waals surface area contributed by atoms with Crippen LogP contribution in [0.1, 0.15) is 11.1 Å². The highest BCUT2D eigenvalue weighted by Crippen LogP contribution is 2.35. The van der Waals surface area contributed by atoms with Gasteiger partial charge in [-0.3, -0.25) is 0 Å². The van der Waals surface area contributed by atoms with E-state index >= 15 is 0 Å². The summed E-state index contributed by atoms with van der Waals surface area (Å²) in [6.07, 6.45) is -4.95. The normalized spacial score (nSPS) is 12.2. The van der Waals surface area contributed by atoms with E-state index < -0.39 is 32.2 Å². The largest absolute Gasteiger partial charge is 0.419 e. The Kier molecular flexibility index (Phi) is 2.94. The number of halogens is 3. The van der Waals surface area contributed by atoms with E-state index in [1.165, 1.54) is 6.07 Å². The minimum absolute atomic E-state index is 0.707. The number of nitrogens with two attached hydrogens (primary N) is 1. The van der Waals surface area contributed by atoms with Crippen molar-refractivity contribution < 1.29 is 21.6 Å². The Balaban J connectivity index is 3.73. The third-order valence-corrected chi connectivity index (χ3v) is 2.69. The second kappa shape index (κ2) is 3.77. The Morgan fingerprint density at radius 3 is 2.25 bits per heavy atom. The molecular weight excluding hydrogens is 245 g/mol. The van der Waals surface area contributed by atoms with Crippen molar-refractivity contribution in [2.24, 2.45) is 5.14 Å². The number of hydrogen-bond acceptors (Lipinski definition) is 3. The smallest absolute Gasteiger partial charge is 0.225 e. The molecule has 0 saturated carbocycles. The quantitative estimate of drug-likeness (QED) is 0.813. The van der Waals surface area contributed by atoms with Crippen molar-refractivity contribution in [3.63, 3.8) is 0 Å². The average Bonchev–Trinajstić information content (AvgIpc) is 2.13. The maximum Gasteiger partial charge on any atom is 0.419 e. The zero-order valence-electron chi connectivity index (χ0n) is 7.62. The number of primary sulfonamides is 1. The fraction of sp³-hybridized carbons (Fsp3) is 0.125. The Bertz CT molecular complexity index is 558. The van der Waals surface area contributed by atoms with Gasteiger partial charge in [-0.2, -0.15) is 18.4 Å². The summed E-state index contributed by atoms with van der Waals surface area (Å²) in [7, 11) is -4.52. The van der Waals surface area contributed by atoms with Gasteiger partial charge in [0.1, 0.15) is 0 Å². The van der Waals surface area contributed by atoms with Gasteiger partial charge < -0.3 is 0 Å². The first-order valence-electron chi connectivity index (χ1n) is 3.81. The summed E-state index contributed by atoms with van der Waals surface area (Å²) in [5, 5.41) is 13.1. The molecule has 2 N–H and O–H groups in total. The van der Waals surface area contributed by atoms with E-state index in [4.69, 9.17) is 5.26 Å². The lowest BCUT2D eigenvalue weighted by molar-refractivity contribution is -0.140. The van der Waals surface area contributed by atoms with Gasteiger partial charge >= 0.3 is 6.18 Å². The fourth-order valence-corrected chi connectivity index (χ4v) is 1.93. The molecule has 86 valence electrons. The summed E-state index contributed by atoms with van der Waals surface area (Å²) in [6.45, 7) is 0. The van der Waals surface area contributed by atoms with E-state index in [9.17, 15) is 21.6 Å². The second-order valence-electron chi connectivity index (χ2n) is 2.83. The maximum absolute atomic E-state index is 12.6. The van der Waals surface area contributed by atoms with Crippen molar-refractivity contribution in [3.8, 4) is 6.07 Å². The summed E-state index contributed by atoms with van der Waals surface area (Å²) >= 11 is 0. The van der Waals surface area contributed by atoms with Crippen molar-refractivity contribution in [2.45, 2.75) is 11.1 Å². The monoisotopic (exact) mass is 250 g/mol. The highest BCUT2D eigenvalue weighted by atomic mass is 32.2. The van der Waals surface area contributed by atoms with Crippen LogP contribution in [0.4, 0.5) is 13.2 Å². The first kappa shape index (κ1) is 12.5. The molecule has 0 bridgehead atoms. The average molecular weight is 250 g/mol. The van der Waals surface area contributed by atoms with Crippen molar-refractivity contribution in [3.05, 3.63) is 29.3 Å². The van der Waals surface area contributed by atoms with Gasteiger partial charge in [0.05, 0.1) is 22.1 Å². The maximum atomic E-state index is 12.6. The molecule has 1 rings (SSSR count). The van der Waals surface area contributed by atoms with Gasteiger partial charge in [-0.1, -0.05) is 6.07 Å². The molecule has 0 atom stereocenters. The van der Waals surface area contributed by atoms with Gasteiger partial charge in [-0.05, 0) is 12.1 Å². The first-order valence-corrected chi connectivity index (χ1v) is 5.35. The Morgan fingerprint density at radius 1 is 1.31 bits per heavy atom. The topological polar surface area (TPSA) is 83.9 Å². The van der Waals surface area contributed by atoms with E-state index in [-0.39, 0.29) is 0 Å². The first-order chi connectivity index (χ1) is 7.18. The van der Waals surface area contributed by atoms with E-state index in [0.717, 1.165) is 12.1 Å². The minimum atomic E-state index is -4.95. The van der Waals surface area contributed by atoms with Crippen LogP contribution in [-0.2, 0) is 16.2 Å². The Hall–Kier alpha value is -1.59. The predicted molar refractivity (Wildman–Crippen MR) is 47.5 cm³/mol. The molecule has 0 spiro atoms. The lowest BCUT2D eigenvalue weighted by atomic mass is 10.1. The molecule has 4 nitrogen and oxygen atoms in total. The van der Waals surface area contributed by atoms with Crippen LogP contribution in [-0.4, -0.2) is 8.42 Å². The van der Waals surface area contributed by atoms with Gasteiger partial charge in [-0.15, -0.1) is 0 Å². The van der Waals surface area contributed by atoms with Crippen LogP contribution in [0, 0.1) is 11.3 Å². The van der Waals surface area contributed by atoms with E-state index in [1.807, 2.05) is 0 Å². The fourth-order valence-electron chi connectivity index (χ4n) is 1.15. The highest BCUT2D eigenvalue weighted by molar-refractivity contribution is 7.89. The Labute approximate surface area is 89.2 Å². The van der Waals surface area contributed by atoms with Crippen molar-refractivity contribution >= 4 is 10.0 Å². The molecule has 0 amide bonds. The lowest BCUT2D eigenvalue weighted by Gasteiger charge is -2.12. The molecule has 0 heterocycles. The number of benzene rings is 1. The van der Waals surface area contributed by atoms with Gasteiger partial charge in [0.25, 0.3) is 0 Å². The number of rotatable bonds is 1. The standard InChI is InChI=1S/C8H5F3N2O2S/c9-8(10,11)7-5(4-12)2-1-3-6(7)16(13,14)15/h1-3H,(H2,13,14,15). The molecule has 0 aliphatic rings. The molecule has 0 aromatic heterocycles. The molecule has 1 aromatic carbocycles. The van der Waals surface area contributed by atoms with Crippen molar-refractivity contribution in [1.29, 1.82) is 5.26 Å². The summed E-state index contributed by atoms with van der Waals surface area (Å²) in [5.41, 5.74) is -2.31. The van der Waals surface area contributed by atoms with Gasteiger partial charge in [0, 0.05) is 0 Å². The van der Waals surface area contributed by atoms with E-state index in [1.54, 1.807) is 0 Å². The second-order valence-corrected chi connectivity index (χ2v) is 4.36. The number of alkyl halides is 3. The molecule has 0 aliphatic carbocycles. The van der Waals surface area contributed by atoms with E-state index in [0.29, 0.717) is 6.07 Å². The predicted octanol–water partition coefficient (Wildman–Crippen LogP) is 1.22. The van der Waals surface area contributed by atoms with Crippen LogP contribution in [0.5, 0.6) is 0 Å². The molecule has 1 aromatic rings. The third-order valence-electron chi connectivity index (χ3n) is 1.74. The van der Waals surface area contributed by atoms with Crippen LogP contribution >= 0.6 is 0 Å². The molecule has 0 fully saturated rings. The van der Waals surface area contributed by atoms with Crippen molar-refractivity contribution in [1.82, 2.24) is 0 Å². The van der Waals surface area contributed by atoms with Crippen LogP contribution in [0.2, 0.25) is 0 Å². The molecular formula is C8H5F3N2O2S. The molecule has 16 heavy (non-hydrogen) atoms. The van der Waals surface area contributed by atoms with Crippen LogP contribution in [0.15, 0.2) is 23.1 Å². The minimum Gasteiger partial charge on any atom is -0.225 e. The molecule has 0 saturated heterocycles. The summed E-state index contributed by atoms with van der Waals surface area (Å²) in [5.74, 6) is 0. The zero-order valence-corrected chi connectivity index (χ0v) is 8.43. The molecule has 0 radical (unpaired) electrons. The Morgan fingerprint density at radius 2 is 1.88 bits per heavy atom. The van der Waals surface area contributed by atoms with Crippen LogP contribution in [0.3, 0.4) is 0 Å². The number of nitriles is 1. The number of hydrogen-bond donors (Lipinski definition) is 1. The van der Waals surface area contributed by atoms with E-state index in [2.05, 4.69) is 5.14 Å².